The minimum Gasteiger partial charge on any atom is -0.198 e. The molecule has 0 aromatic heterocycles. The molecule has 0 bridgehead atoms. The van der Waals surface area contributed by atoms with Crippen LogP contribution in [0.1, 0.15) is 40.5 Å². The highest BCUT2D eigenvalue weighted by atomic mass is 14.2. The van der Waals surface area contributed by atoms with E-state index in [0.717, 1.165) is 5.92 Å². The van der Waals surface area contributed by atoms with Crippen molar-refractivity contribution in [2.75, 3.05) is 0 Å². The third-order valence-corrected chi connectivity index (χ3v) is 0.975. The van der Waals surface area contributed by atoms with Crippen molar-refractivity contribution in [3.05, 3.63) is 0 Å². The highest BCUT2D eigenvalue weighted by Crippen LogP contribution is 1.93. The fourth-order valence-corrected chi connectivity index (χ4v) is 0. The van der Waals surface area contributed by atoms with Gasteiger partial charge in [-0.25, -0.2) is 0 Å². The van der Waals surface area contributed by atoms with Crippen LogP contribution in [0, 0.1) is 17.2 Å². The Kier molecular flexibility index (Phi) is 13.2. The Morgan fingerprint density at radius 2 is 1.56 bits per heavy atom. The second-order valence-electron chi connectivity index (χ2n) is 2.31. The minimum absolute atomic E-state index is 0.625. The highest BCUT2D eigenvalue weighted by molar-refractivity contribution is 4.61. The third-order valence-electron chi connectivity index (χ3n) is 0.975. The van der Waals surface area contributed by atoms with Crippen LogP contribution in [0.3, 0.4) is 0 Å². The second kappa shape index (κ2) is 10.5. The van der Waals surface area contributed by atoms with E-state index in [1.165, 1.54) is 6.42 Å². The number of nitriles is 1. The molecule has 1 nitrogen and oxygen atoms in total. The maximum atomic E-state index is 7.62. The first-order chi connectivity index (χ1) is 4.18. The van der Waals surface area contributed by atoms with E-state index in [-0.39, 0.29) is 0 Å². The molecule has 0 spiro atoms. The second-order valence-corrected chi connectivity index (χ2v) is 2.31. The van der Waals surface area contributed by atoms with Crippen molar-refractivity contribution in [2.45, 2.75) is 40.5 Å². The molecule has 0 unspecified atom stereocenters. The van der Waals surface area contributed by atoms with Crippen molar-refractivity contribution in [1.29, 1.82) is 5.26 Å². The van der Waals surface area contributed by atoms with Crippen molar-refractivity contribution in [2.24, 2.45) is 5.92 Å². The maximum absolute atomic E-state index is 7.62. The number of hydrogen-bond acceptors (Lipinski definition) is 1. The zero-order chi connectivity index (χ0) is 7.70. The van der Waals surface area contributed by atoms with Crippen LogP contribution in [0.2, 0.25) is 0 Å². The molecule has 0 heterocycles. The molecule has 0 aliphatic carbocycles. The molecular weight excluding hydrogens is 110 g/mol. The molecule has 0 saturated heterocycles. The van der Waals surface area contributed by atoms with Crippen molar-refractivity contribution < 1.29 is 0 Å². The van der Waals surface area contributed by atoms with Crippen LogP contribution in [0.25, 0.3) is 0 Å². The smallest absolute Gasteiger partial charge is 0.0618 e. The van der Waals surface area contributed by atoms with Crippen molar-refractivity contribution in [3.63, 3.8) is 0 Å². The molecule has 0 N–H and O–H groups in total. The molecule has 0 aromatic rings. The fraction of sp³-hybridized carbons (Fsp3) is 0.875. The van der Waals surface area contributed by atoms with Gasteiger partial charge in [0.15, 0.2) is 0 Å². The molecule has 54 valence electrons. The molecule has 0 aliphatic heterocycles. The van der Waals surface area contributed by atoms with E-state index in [1.807, 2.05) is 13.0 Å². The summed E-state index contributed by atoms with van der Waals surface area (Å²) in [5.74, 6) is 0.884. The van der Waals surface area contributed by atoms with E-state index in [4.69, 9.17) is 5.26 Å². The van der Waals surface area contributed by atoms with Gasteiger partial charge < -0.3 is 0 Å². The quantitative estimate of drug-likeness (QED) is 0.531. The van der Waals surface area contributed by atoms with Gasteiger partial charge in [-0.15, -0.1) is 0 Å². The zero-order valence-corrected chi connectivity index (χ0v) is 6.94. The average Bonchev–Trinajstić information content (AvgIpc) is 1.89. The highest BCUT2D eigenvalue weighted by Gasteiger charge is 1.80. The normalized spacial score (nSPS) is 7.56. The van der Waals surface area contributed by atoms with Crippen LogP contribution >= 0.6 is 0 Å². The standard InChI is InChI=1S/C5H12.C3H5N/c1-4-5(2)3;1-2-3-4/h5H,4H2,1-3H3;2H2,1H3. The summed E-state index contributed by atoms with van der Waals surface area (Å²) in [5.41, 5.74) is 0. The Morgan fingerprint density at radius 1 is 1.33 bits per heavy atom. The molecule has 0 rings (SSSR count). The summed E-state index contributed by atoms with van der Waals surface area (Å²) in [7, 11) is 0. The summed E-state index contributed by atoms with van der Waals surface area (Å²) in [6.07, 6.45) is 1.93. The Balaban J connectivity index is 0. The Morgan fingerprint density at radius 3 is 1.56 bits per heavy atom. The van der Waals surface area contributed by atoms with Gasteiger partial charge in [-0.2, -0.15) is 5.26 Å². The largest absolute Gasteiger partial charge is 0.198 e. The molecule has 0 amide bonds. The zero-order valence-electron chi connectivity index (χ0n) is 6.94. The van der Waals surface area contributed by atoms with E-state index < -0.39 is 0 Å². The fourth-order valence-electron chi connectivity index (χ4n) is 0. The summed E-state index contributed by atoms with van der Waals surface area (Å²) >= 11 is 0. The lowest BCUT2D eigenvalue weighted by Gasteiger charge is -1.90. The van der Waals surface area contributed by atoms with E-state index in [1.54, 1.807) is 0 Å². The van der Waals surface area contributed by atoms with Gasteiger partial charge in [0.1, 0.15) is 0 Å². The predicted molar refractivity (Wildman–Crippen MR) is 41.0 cm³/mol. The van der Waals surface area contributed by atoms with Crippen LogP contribution in [0.5, 0.6) is 0 Å². The molecule has 0 aliphatic rings. The number of nitrogens with zero attached hydrogens (tertiary/aromatic N) is 1. The van der Waals surface area contributed by atoms with Crippen molar-refractivity contribution >= 4 is 0 Å². The Bertz CT molecular complexity index is 69.1. The van der Waals surface area contributed by atoms with Crippen LogP contribution in [-0.4, -0.2) is 0 Å². The van der Waals surface area contributed by atoms with Gasteiger partial charge in [-0.1, -0.05) is 34.1 Å². The lowest BCUT2D eigenvalue weighted by Crippen LogP contribution is -1.77. The van der Waals surface area contributed by atoms with Crippen molar-refractivity contribution in [1.82, 2.24) is 0 Å². The van der Waals surface area contributed by atoms with Gasteiger partial charge in [0, 0.05) is 6.42 Å². The Labute approximate surface area is 58.7 Å². The van der Waals surface area contributed by atoms with Gasteiger partial charge >= 0.3 is 0 Å². The third kappa shape index (κ3) is 36.4. The van der Waals surface area contributed by atoms with Gasteiger partial charge in [-0.3, -0.25) is 0 Å². The monoisotopic (exact) mass is 127 g/mol. The average molecular weight is 127 g/mol. The topological polar surface area (TPSA) is 23.8 Å². The number of rotatable bonds is 1. The Hall–Kier alpha value is -0.510. The van der Waals surface area contributed by atoms with Gasteiger partial charge in [0.05, 0.1) is 6.07 Å². The van der Waals surface area contributed by atoms with Crippen LogP contribution in [-0.2, 0) is 0 Å². The first-order valence-electron chi connectivity index (χ1n) is 3.55. The van der Waals surface area contributed by atoms with E-state index in [0.29, 0.717) is 6.42 Å². The molecule has 1 heteroatoms. The molecular formula is C8H17N. The van der Waals surface area contributed by atoms with Gasteiger partial charge in [-0.05, 0) is 5.92 Å². The molecule has 0 aromatic carbocycles. The molecule has 0 radical (unpaired) electrons. The summed E-state index contributed by atoms with van der Waals surface area (Å²) in [5, 5.41) is 7.62. The summed E-state index contributed by atoms with van der Waals surface area (Å²) < 4.78 is 0. The van der Waals surface area contributed by atoms with E-state index >= 15 is 0 Å². The lowest BCUT2D eigenvalue weighted by atomic mass is 10.2. The molecule has 0 saturated carbocycles. The SMILES string of the molecule is CCC#N.CCC(C)C. The van der Waals surface area contributed by atoms with Gasteiger partial charge in [0.25, 0.3) is 0 Å². The first kappa shape index (κ1) is 11.3. The van der Waals surface area contributed by atoms with Crippen LogP contribution in [0.4, 0.5) is 0 Å². The van der Waals surface area contributed by atoms with Crippen molar-refractivity contribution in [3.8, 4) is 6.07 Å². The summed E-state index contributed by atoms with van der Waals surface area (Å²) in [4.78, 5) is 0. The summed E-state index contributed by atoms with van der Waals surface area (Å²) in [6.45, 7) is 8.46. The van der Waals surface area contributed by atoms with E-state index in [2.05, 4.69) is 20.8 Å². The van der Waals surface area contributed by atoms with E-state index in [9.17, 15) is 0 Å². The first-order valence-corrected chi connectivity index (χ1v) is 3.55. The molecule has 9 heavy (non-hydrogen) atoms. The van der Waals surface area contributed by atoms with Crippen LogP contribution < -0.4 is 0 Å². The lowest BCUT2D eigenvalue weighted by molar-refractivity contribution is 0.626. The van der Waals surface area contributed by atoms with Gasteiger partial charge in [0.2, 0.25) is 0 Å². The maximum Gasteiger partial charge on any atom is 0.0618 e. The predicted octanol–water partition coefficient (Wildman–Crippen LogP) is 2.97. The van der Waals surface area contributed by atoms with Crippen LogP contribution in [0.15, 0.2) is 0 Å². The molecule has 0 atom stereocenters. The minimum atomic E-state index is 0.625. The molecule has 0 fully saturated rings. The number of hydrogen-bond donors (Lipinski definition) is 0. The summed E-state index contributed by atoms with van der Waals surface area (Å²) in [6, 6.07) is 1.93.